The summed E-state index contributed by atoms with van der Waals surface area (Å²) in [5, 5.41) is 2.52. The summed E-state index contributed by atoms with van der Waals surface area (Å²) in [6, 6.07) is 6.90. The lowest BCUT2D eigenvalue weighted by molar-refractivity contribution is 0.102. The van der Waals surface area contributed by atoms with Crippen molar-refractivity contribution >= 4 is 17.3 Å². The molecule has 1 amide bonds. The number of nitrogens with one attached hydrogen (secondary N) is 1. The molecule has 3 N–H and O–H groups in total. The van der Waals surface area contributed by atoms with Gasteiger partial charge < -0.3 is 15.8 Å². The Morgan fingerprint density at radius 1 is 1.42 bits per heavy atom. The predicted octanol–water partition coefficient (Wildman–Crippen LogP) is 2.06. The summed E-state index contributed by atoms with van der Waals surface area (Å²) in [5.74, 6) is -0.764. The van der Waals surface area contributed by atoms with Crippen molar-refractivity contribution < 1.29 is 13.9 Å². The first-order valence-corrected chi connectivity index (χ1v) is 5.47. The van der Waals surface area contributed by atoms with Crippen LogP contribution in [0.15, 0.2) is 36.5 Å². The molecule has 0 atom stereocenters. The van der Waals surface area contributed by atoms with Crippen molar-refractivity contribution in [3.63, 3.8) is 0 Å². The average molecular weight is 261 g/mol. The SMILES string of the molecule is COc1ncccc1C(=O)Nc1cc(F)ccc1N. The minimum Gasteiger partial charge on any atom is -0.480 e. The van der Waals surface area contributed by atoms with Crippen LogP contribution in [0.3, 0.4) is 0 Å². The standard InChI is InChI=1S/C13H12FN3O2/c1-19-13-9(3-2-6-16-13)12(18)17-11-7-8(14)4-5-10(11)15/h2-7H,15H2,1H3,(H,17,18). The highest BCUT2D eigenvalue weighted by atomic mass is 19.1. The van der Waals surface area contributed by atoms with Gasteiger partial charge in [-0.05, 0) is 30.3 Å². The first-order chi connectivity index (χ1) is 9.11. The van der Waals surface area contributed by atoms with Gasteiger partial charge in [0.05, 0.1) is 18.5 Å². The van der Waals surface area contributed by atoms with Gasteiger partial charge in [0.1, 0.15) is 11.4 Å². The highest BCUT2D eigenvalue weighted by Gasteiger charge is 2.14. The van der Waals surface area contributed by atoms with Crippen molar-refractivity contribution in [1.82, 2.24) is 4.98 Å². The van der Waals surface area contributed by atoms with Gasteiger partial charge in [0.15, 0.2) is 0 Å². The maximum Gasteiger partial charge on any atom is 0.261 e. The van der Waals surface area contributed by atoms with E-state index >= 15 is 0 Å². The number of hydrogen-bond acceptors (Lipinski definition) is 4. The highest BCUT2D eigenvalue weighted by Crippen LogP contribution is 2.21. The van der Waals surface area contributed by atoms with Gasteiger partial charge in [0, 0.05) is 6.20 Å². The molecule has 1 heterocycles. The minimum absolute atomic E-state index is 0.190. The lowest BCUT2D eigenvalue weighted by Gasteiger charge is -2.10. The fourth-order valence-electron chi connectivity index (χ4n) is 1.55. The van der Waals surface area contributed by atoms with Gasteiger partial charge in [-0.25, -0.2) is 9.37 Å². The number of halogens is 1. The average Bonchev–Trinajstić information content (AvgIpc) is 2.42. The number of hydrogen-bond donors (Lipinski definition) is 2. The second-order valence-electron chi connectivity index (χ2n) is 3.75. The van der Waals surface area contributed by atoms with Crippen molar-refractivity contribution in [1.29, 1.82) is 0 Å². The van der Waals surface area contributed by atoms with Gasteiger partial charge in [-0.1, -0.05) is 0 Å². The topological polar surface area (TPSA) is 77.2 Å². The Bertz CT molecular complexity index is 617. The number of carbonyl (C=O) groups is 1. The van der Waals surface area contributed by atoms with Gasteiger partial charge in [-0.2, -0.15) is 0 Å². The maximum absolute atomic E-state index is 13.1. The number of nitrogens with zero attached hydrogens (tertiary/aromatic N) is 1. The summed E-state index contributed by atoms with van der Waals surface area (Å²) in [6.45, 7) is 0. The van der Waals surface area contributed by atoms with E-state index in [1.165, 1.54) is 25.4 Å². The smallest absolute Gasteiger partial charge is 0.261 e. The highest BCUT2D eigenvalue weighted by molar-refractivity contribution is 6.07. The monoisotopic (exact) mass is 261 g/mol. The number of nitrogens with two attached hydrogens (primary N) is 1. The Morgan fingerprint density at radius 2 is 2.21 bits per heavy atom. The normalized spacial score (nSPS) is 10.0. The van der Waals surface area contributed by atoms with Crippen molar-refractivity contribution in [2.45, 2.75) is 0 Å². The van der Waals surface area contributed by atoms with Gasteiger partial charge in [0.2, 0.25) is 5.88 Å². The van der Waals surface area contributed by atoms with E-state index in [1.807, 2.05) is 0 Å². The molecule has 19 heavy (non-hydrogen) atoms. The molecule has 1 aromatic heterocycles. The predicted molar refractivity (Wildman–Crippen MR) is 69.6 cm³/mol. The zero-order chi connectivity index (χ0) is 13.8. The van der Waals surface area contributed by atoms with Crippen molar-refractivity contribution in [3.05, 3.63) is 47.9 Å². The van der Waals surface area contributed by atoms with E-state index in [0.29, 0.717) is 0 Å². The van der Waals surface area contributed by atoms with Crippen molar-refractivity contribution in [2.75, 3.05) is 18.2 Å². The fraction of sp³-hybridized carbons (Fsp3) is 0.0769. The quantitative estimate of drug-likeness (QED) is 0.829. The number of methoxy groups -OCH3 is 1. The number of pyridine rings is 1. The second-order valence-corrected chi connectivity index (χ2v) is 3.75. The fourth-order valence-corrected chi connectivity index (χ4v) is 1.55. The number of ether oxygens (including phenoxy) is 1. The Hall–Kier alpha value is -2.63. The molecule has 98 valence electrons. The molecule has 1 aromatic carbocycles. The van der Waals surface area contributed by atoms with E-state index in [4.69, 9.17) is 10.5 Å². The van der Waals surface area contributed by atoms with Gasteiger partial charge >= 0.3 is 0 Å². The molecule has 0 radical (unpaired) electrons. The van der Waals surface area contributed by atoms with Crippen molar-refractivity contribution in [3.8, 4) is 5.88 Å². The van der Waals surface area contributed by atoms with E-state index in [1.54, 1.807) is 12.1 Å². The Kier molecular flexibility index (Phi) is 3.61. The van der Waals surface area contributed by atoms with Crippen LogP contribution in [-0.2, 0) is 0 Å². The van der Waals surface area contributed by atoms with E-state index in [-0.39, 0.29) is 22.8 Å². The number of benzene rings is 1. The molecule has 6 heteroatoms. The second kappa shape index (κ2) is 5.34. The third-order valence-electron chi connectivity index (χ3n) is 2.47. The third kappa shape index (κ3) is 2.79. The van der Waals surface area contributed by atoms with Crippen LogP contribution >= 0.6 is 0 Å². The molecule has 0 saturated heterocycles. The Balaban J connectivity index is 2.28. The number of amides is 1. The number of anilines is 2. The number of rotatable bonds is 3. The summed E-state index contributed by atoms with van der Waals surface area (Å²) < 4.78 is 18.1. The van der Waals surface area contributed by atoms with Gasteiger partial charge in [0.25, 0.3) is 5.91 Å². The Morgan fingerprint density at radius 3 is 2.95 bits per heavy atom. The van der Waals surface area contributed by atoms with Crippen LogP contribution in [0, 0.1) is 5.82 Å². The van der Waals surface area contributed by atoms with Gasteiger partial charge in [-0.3, -0.25) is 4.79 Å². The molecule has 0 unspecified atom stereocenters. The third-order valence-corrected chi connectivity index (χ3v) is 2.47. The van der Waals surface area contributed by atoms with E-state index < -0.39 is 11.7 Å². The minimum atomic E-state index is -0.484. The maximum atomic E-state index is 13.1. The van der Waals surface area contributed by atoms with Crippen LogP contribution in [0.25, 0.3) is 0 Å². The molecule has 5 nitrogen and oxygen atoms in total. The van der Waals surface area contributed by atoms with E-state index in [9.17, 15) is 9.18 Å². The molecular formula is C13H12FN3O2. The molecule has 0 fully saturated rings. The zero-order valence-electron chi connectivity index (χ0n) is 10.2. The van der Waals surface area contributed by atoms with Crippen LogP contribution in [0.1, 0.15) is 10.4 Å². The molecule has 0 aliphatic rings. The largest absolute Gasteiger partial charge is 0.480 e. The summed E-state index contributed by atoms with van der Waals surface area (Å²) in [7, 11) is 1.41. The zero-order valence-corrected chi connectivity index (χ0v) is 10.2. The lowest BCUT2D eigenvalue weighted by atomic mass is 10.2. The Labute approximate surface area is 109 Å². The molecule has 0 aliphatic heterocycles. The summed E-state index contributed by atoms with van der Waals surface area (Å²) in [4.78, 5) is 16.0. The molecule has 0 spiro atoms. The molecule has 2 rings (SSSR count). The lowest BCUT2D eigenvalue weighted by Crippen LogP contribution is -2.15. The number of carbonyl (C=O) groups excluding carboxylic acids is 1. The van der Waals surface area contributed by atoms with Crippen LogP contribution in [0.2, 0.25) is 0 Å². The summed E-state index contributed by atoms with van der Waals surface area (Å²) in [5.41, 5.74) is 6.38. The van der Waals surface area contributed by atoms with Crippen LogP contribution in [0.4, 0.5) is 15.8 Å². The van der Waals surface area contributed by atoms with Gasteiger partial charge in [-0.15, -0.1) is 0 Å². The molecular weight excluding hydrogens is 249 g/mol. The van der Waals surface area contributed by atoms with Crippen molar-refractivity contribution in [2.24, 2.45) is 0 Å². The number of nitrogen functional groups attached to an aromatic ring is 1. The summed E-state index contributed by atoms with van der Waals surface area (Å²) in [6.07, 6.45) is 1.51. The molecule has 0 bridgehead atoms. The van der Waals surface area contributed by atoms with Crippen LogP contribution in [-0.4, -0.2) is 18.0 Å². The first-order valence-electron chi connectivity index (χ1n) is 5.47. The number of aromatic nitrogens is 1. The summed E-state index contributed by atoms with van der Waals surface area (Å²) >= 11 is 0. The van der Waals surface area contributed by atoms with E-state index in [2.05, 4.69) is 10.3 Å². The molecule has 0 aliphatic carbocycles. The van der Waals surface area contributed by atoms with E-state index in [0.717, 1.165) is 6.07 Å². The van der Waals surface area contributed by atoms with Crippen LogP contribution < -0.4 is 15.8 Å². The van der Waals surface area contributed by atoms with Crippen LogP contribution in [0.5, 0.6) is 5.88 Å². The molecule has 0 saturated carbocycles. The first kappa shape index (κ1) is 12.8. The molecule has 2 aromatic rings.